The number of nitrogens with zero attached hydrogens (tertiary/aromatic N) is 3. The molecule has 0 aromatic carbocycles. The van der Waals surface area contributed by atoms with E-state index in [9.17, 15) is 9.59 Å². The zero-order valence-electron chi connectivity index (χ0n) is 19.2. The summed E-state index contributed by atoms with van der Waals surface area (Å²) in [5.74, 6) is 1.71. The maximum atomic E-state index is 12.4. The molecule has 0 atom stereocenters. The van der Waals surface area contributed by atoms with E-state index in [4.69, 9.17) is 0 Å². The van der Waals surface area contributed by atoms with Gasteiger partial charge in [-0.15, -0.1) is 0 Å². The summed E-state index contributed by atoms with van der Waals surface area (Å²) in [5.41, 5.74) is 0. The summed E-state index contributed by atoms with van der Waals surface area (Å²) in [5, 5.41) is 6.78. The van der Waals surface area contributed by atoms with E-state index >= 15 is 0 Å². The molecule has 0 radical (unpaired) electrons. The zero-order valence-corrected chi connectivity index (χ0v) is 19.2. The first-order valence-corrected chi connectivity index (χ1v) is 11.7. The Labute approximate surface area is 182 Å². The van der Waals surface area contributed by atoms with E-state index in [1.54, 1.807) is 0 Å². The Bertz CT molecular complexity index is 586. The van der Waals surface area contributed by atoms with Gasteiger partial charge in [0.15, 0.2) is 5.96 Å². The van der Waals surface area contributed by atoms with Gasteiger partial charge >= 0.3 is 0 Å². The minimum Gasteiger partial charge on any atom is -0.357 e. The Morgan fingerprint density at radius 1 is 1.00 bits per heavy atom. The molecule has 2 N–H and O–H groups in total. The van der Waals surface area contributed by atoms with Crippen LogP contribution in [0.1, 0.15) is 65.7 Å². The lowest BCUT2D eigenvalue weighted by Crippen LogP contribution is -2.50. The normalized spacial score (nSPS) is 17.7. The number of amides is 2. The molecule has 30 heavy (non-hydrogen) atoms. The molecule has 1 saturated heterocycles. The van der Waals surface area contributed by atoms with Crippen LogP contribution in [0.5, 0.6) is 0 Å². The first-order chi connectivity index (χ1) is 14.5. The van der Waals surface area contributed by atoms with Gasteiger partial charge in [0.05, 0.1) is 0 Å². The van der Waals surface area contributed by atoms with Crippen molar-refractivity contribution in [2.24, 2.45) is 10.9 Å². The van der Waals surface area contributed by atoms with Crippen LogP contribution >= 0.6 is 0 Å². The minimum atomic E-state index is 0.216. The Hall–Kier alpha value is -2.05. The number of aliphatic imine (C=N–C) groups is 1. The Kier molecular flexibility index (Phi) is 10.7. The molecule has 0 bridgehead atoms. The summed E-state index contributed by atoms with van der Waals surface area (Å²) in [4.78, 5) is 33.1. The lowest BCUT2D eigenvalue weighted by Gasteiger charge is -2.35. The molecule has 170 valence electrons. The minimum absolute atomic E-state index is 0.216. The average molecular weight is 420 g/mol. The second-order valence-corrected chi connectivity index (χ2v) is 8.71. The molecular formula is C23H41N5O2. The van der Waals surface area contributed by atoms with E-state index < -0.39 is 0 Å². The molecule has 2 aliphatic rings. The molecule has 2 amide bonds. The Balaban J connectivity index is 1.57. The third-order valence-corrected chi connectivity index (χ3v) is 5.58. The van der Waals surface area contributed by atoms with Crippen LogP contribution in [0.2, 0.25) is 0 Å². The quantitative estimate of drug-likeness (QED) is 0.247. The van der Waals surface area contributed by atoms with E-state index in [0.717, 1.165) is 51.2 Å². The fourth-order valence-corrected chi connectivity index (χ4v) is 3.85. The van der Waals surface area contributed by atoms with Gasteiger partial charge < -0.3 is 20.4 Å². The standard InChI is InChI=1S/C23H41N5O2/c1-4-24-23(26-20-10-7-8-11-20)25-13-9-5-6-12-21(29)27-14-16-28(17-15-27)22(30)18-19(2)3/h7-8,19-20H,4-6,9-18H2,1-3H3,(H2,24,25,26). The van der Waals surface area contributed by atoms with Crippen molar-refractivity contribution >= 4 is 17.8 Å². The van der Waals surface area contributed by atoms with Crippen LogP contribution in [-0.4, -0.2) is 72.9 Å². The van der Waals surface area contributed by atoms with Crippen molar-refractivity contribution in [3.05, 3.63) is 12.2 Å². The van der Waals surface area contributed by atoms with E-state index in [1.807, 2.05) is 9.80 Å². The van der Waals surface area contributed by atoms with Gasteiger partial charge in [0.25, 0.3) is 0 Å². The van der Waals surface area contributed by atoms with Crippen molar-refractivity contribution in [1.82, 2.24) is 20.4 Å². The SMILES string of the molecule is CCNC(=NCCCCCC(=O)N1CCN(C(=O)CC(C)C)CC1)NC1CC=CC1. The van der Waals surface area contributed by atoms with Gasteiger partial charge in [-0.2, -0.15) is 0 Å². The van der Waals surface area contributed by atoms with E-state index in [2.05, 4.69) is 48.5 Å². The number of unbranched alkanes of at least 4 members (excludes halogenated alkanes) is 2. The molecular weight excluding hydrogens is 378 g/mol. The molecule has 7 nitrogen and oxygen atoms in total. The fraction of sp³-hybridized carbons (Fsp3) is 0.783. The number of nitrogens with one attached hydrogen (secondary N) is 2. The molecule has 2 rings (SSSR count). The van der Waals surface area contributed by atoms with Crippen LogP contribution in [0, 0.1) is 5.92 Å². The number of hydrogen-bond acceptors (Lipinski definition) is 3. The molecule has 1 aliphatic carbocycles. The number of carbonyl (C=O) groups excluding carboxylic acids is 2. The highest BCUT2D eigenvalue weighted by atomic mass is 16.2. The van der Waals surface area contributed by atoms with Gasteiger partial charge in [-0.1, -0.05) is 32.4 Å². The monoisotopic (exact) mass is 419 g/mol. The molecule has 0 unspecified atom stereocenters. The lowest BCUT2D eigenvalue weighted by atomic mass is 10.1. The van der Waals surface area contributed by atoms with Crippen LogP contribution in [0.15, 0.2) is 17.1 Å². The number of carbonyl (C=O) groups is 2. The lowest BCUT2D eigenvalue weighted by molar-refractivity contribution is -0.140. The summed E-state index contributed by atoms with van der Waals surface area (Å²) in [6.07, 6.45) is 10.6. The highest BCUT2D eigenvalue weighted by Gasteiger charge is 2.23. The summed E-state index contributed by atoms with van der Waals surface area (Å²) < 4.78 is 0. The molecule has 0 spiro atoms. The van der Waals surface area contributed by atoms with Crippen molar-refractivity contribution in [3.8, 4) is 0 Å². The van der Waals surface area contributed by atoms with Crippen LogP contribution in [-0.2, 0) is 9.59 Å². The van der Waals surface area contributed by atoms with E-state index in [-0.39, 0.29) is 11.8 Å². The summed E-state index contributed by atoms with van der Waals surface area (Å²) >= 11 is 0. The van der Waals surface area contributed by atoms with Gasteiger partial charge in [-0.25, -0.2) is 0 Å². The highest BCUT2D eigenvalue weighted by molar-refractivity contribution is 5.80. The number of hydrogen-bond donors (Lipinski definition) is 2. The first-order valence-electron chi connectivity index (χ1n) is 11.7. The number of piperazine rings is 1. The average Bonchev–Trinajstić information content (AvgIpc) is 3.23. The molecule has 0 aromatic rings. The molecule has 0 saturated carbocycles. The molecule has 1 aliphatic heterocycles. The van der Waals surface area contributed by atoms with E-state index in [1.165, 1.54) is 0 Å². The maximum absolute atomic E-state index is 12.4. The zero-order chi connectivity index (χ0) is 21.8. The van der Waals surface area contributed by atoms with Crippen molar-refractivity contribution < 1.29 is 9.59 Å². The van der Waals surface area contributed by atoms with Gasteiger partial charge in [0.2, 0.25) is 11.8 Å². The second-order valence-electron chi connectivity index (χ2n) is 8.71. The molecule has 7 heteroatoms. The Morgan fingerprint density at radius 2 is 1.63 bits per heavy atom. The maximum Gasteiger partial charge on any atom is 0.222 e. The van der Waals surface area contributed by atoms with Gasteiger partial charge in [-0.05, 0) is 38.5 Å². The summed E-state index contributed by atoms with van der Waals surface area (Å²) in [6, 6.07) is 0.460. The van der Waals surface area contributed by atoms with Gasteiger partial charge in [-0.3, -0.25) is 14.6 Å². The van der Waals surface area contributed by atoms with Crippen LogP contribution in [0.25, 0.3) is 0 Å². The van der Waals surface area contributed by atoms with Crippen molar-refractivity contribution in [3.63, 3.8) is 0 Å². The molecule has 1 heterocycles. The van der Waals surface area contributed by atoms with Crippen LogP contribution in [0.3, 0.4) is 0 Å². The predicted molar refractivity (Wildman–Crippen MR) is 122 cm³/mol. The third-order valence-electron chi connectivity index (χ3n) is 5.58. The smallest absolute Gasteiger partial charge is 0.222 e. The first kappa shape index (κ1) is 24.2. The highest BCUT2D eigenvalue weighted by Crippen LogP contribution is 2.11. The largest absolute Gasteiger partial charge is 0.357 e. The second kappa shape index (κ2) is 13.3. The van der Waals surface area contributed by atoms with E-state index in [0.29, 0.717) is 51.0 Å². The predicted octanol–water partition coefficient (Wildman–Crippen LogP) is 2.54. The number of guanidine groups is 1. The summed E-state index contributed by atoms with van der Waals surface area (Å²) in [7, 11) is 0. The van der Waals surface area contributed by atoms with Crippen LogP contribution < -0.4 is 10.6 Å². The van der Waals surface area contributed by atoms with Gasteiger partial charge in [0, 0.05) is 58.2 Å². The third kappa shape index (κ3) is 8.76. The van der Waals surface area contributed by atoms with Gasteiger partial charge in [0.1, 0.15) is 0 Å². The van der Waals surface area contributed by atoms with Crippen molar-refractivity contribution in [2.45, 2.75) is 71.8 Å². The van der Waals surface area contributed by atoms with Crippen LogP contribution in [0.4, 0.5) is 0 Å². The van der Waals surface area contributed by atoms with Crippen molar-refractivity contribution in [2.75, 3.05) is 39.3 Å². The molecule has 0 aromatic heterocycles. The summed E-state index contributed by atoms with van der Waals surface area (Å²) in [6.45, 7) is 10.5. The Morgan fingerprint density at radius 3 is 2.23 bits per heavy atom. The molecule has 1 fully saturated rings. The fourth-order valence-electron chi connectivity index (χ4n) is 3.85. The topological polar surface area (TPSA) is 77.0 Å². The van der Waals surface area contributed by atoms with Crippen molar-refractivity contribution in [1.29, 1.82) is 0 Å². The number of rotatable bonds is 10.